The van der Waals surface area contributed by atoms with Crippen LogP contribution in [0.4, 0.5) is 11.8 Å². The standard InChI is InChI=1S/C30H38N6O4Si/c1-30(2,3)41(5,6)40-25-15-11-22(12-16-25)20-36-28(37)34-27(33-18-23-8-7-17-32-26(23)31)35(29(36)38)19-21-9-13-24(39-4)14-10-21/h7-17H,18-20H2,1-6H3,(H2,31,32)(H,33,34,37). The van der Waals surface area contributed by atoms with E-state index in [1.165, 1.54) is 4.57 Å². The number of nitrogens with zero attached hydrogens (tertiary/aromatic N) is 4. The van der Waals surface area contributed by atoms with E-state index in [1.54, 1.807) is 19.4 Å². The molecule has 0 saturated carbocycles. The number of ether oxygens (including phenoxy) is 1. The van der Waals surface area contributed by atoms with Gasteiger partial charge in [0.15, 0.2) is 0 Å². The first-order chi connectivity index (χ1) is 19.4. The van der Waals surface area contributed by atoms with Crippen LogP contribution in [-0.4, -0.2) is 34.5 Å². The Morgan fingerprint density at radius 3 is 2.05 bits per heavy atom. The first kappa shape index (κ1) is 29.6. The van der Waals surface area contributed by atoms with Crippen molar-refractivity contribution in [3.63, 3.8) is 0 Å². The van der Waals surface area contributed by atoms with Crippen LogP contribution in [0.5, 0.6) is 11.5 Å². The van der Waals surface area contributed by atoms with Crippen molar-refractivity contribution in [3.05, 3.63) is 105 Å². The monoisotopic (exact) mass is 574 g/mol. The normalized spacial score (nSPS) is 11.8. The maximum Gasteiger partial charge on any atom is 0.355 e. The maximum atomic E-state index is 13.8. The van der Waals surface area contributed by atoms with Crippen LogP contribution in [0.2, 0.25) is 18.1 Å². The topological polar surface area (TPSA) is 126 Å². The third-order valence-corrected chi connectivity index (χ3v) is 11.8. The van der Waals surface area contributed by atoms with Gasteiger partial charge in [-0.1, -0.05) is 51.1 Å². The van der Waals surface area contributed by atoms with Crippen molar-refractivity contribution in [2.24, 2.45) is 0 Å². The van der Waals surface area contributed by atoms with E-state index >= 15 is 0 Å². The highest BCUT2D eigenvalue weighted by Gasteiger charge is 2.38. The summed E-state index contributed by atoms with van der Waals surface area (Å²) in [6.45, 7) is 11.5. The molecule has 0 aliphatic heterocycles. The fraction of sp³-hybridized carbons (Fsp3) is 0.333. The Kier molecular flexibility index (Phi) is 8.67. The number of methoxy groups -OCH3 is 1. The van der Waals surface area contributed by atoms with E-state index < -0.39 is 19.7 Å². The summed E-state index contributed by atoms with van der Waals surface area (Å²) in [6, 6.07) is 18.5. The second-order valence-corrected chi connectivity index (χ2v) is 16.2. The van der Waals surface area contributed by atoms with Gasteiger partial charge in [-0.15, -0.1) is 0 Å². The molecular weight excluding hydrogens is 536 g/mol. The lowest BCUT2D eigenvalue weighted by molar-refractivity contribution is 0.414. The summed E-state index contributed by atoms with van der Waals surface area (Å²) in [5.74, 6) is 1.99. The molecule has 0 amide bonds. The van der Waals surface area contributed by atoms with E-state index in [0.29, 0.717) is 11.6 Å². The lowest BCUT2D eigenvalue weighted by Crippen LogP contribution is -2.44. The van der Waals surface area contributed by atoms with Crippen LogP contribution in [0.1, 0.15) is 37.5 Å². The molecule has 0 spiro atoms. The third-order valence-electron chi connectivity index (χ3n) is 7.46. The van der Waals surface area contributed by atoms with Crippen molar-refractivity contribution in [2.75, 3.05) is 18.2 Å². The fourth-order valence-electron chi connectivity index (χ4n) is 3.92. The van der Waals surface area contributed by atoms with Gasteiger partial charge >= 0.3 is 11.4 Å². The van der Waals surface area contributed by atoms with Crippen LogP contribution < -0.4 is 31.6 Å². The summed E-state index contributed by atoms with van der Waals surface area (Å²) in [5.41, 5.74) is 7.21. The Labute approximate surface area is 240 Å². The molecule has 4 aromatic rings. The van der Waals surface area contributed by atoms with Crippen LogP contribution in [0.15, 0.2) is 76.4 Å². The van der Waals surface area contributed by atoms with Crippen LogP contribution in [-0.2, 0) is 19.6 Å². The predicted octanol–water partition coefficient (Wildman–Crippen LogP) is 4.48. The SMILES string of the molecule is COc1ccc(Cn2c(NCc3cccnc3N)nc(=O)n(Cc3ccc(O[Si](C)(C)C(C)(C)C)cc3)c2=O)cc1. The minimum Gasteiger partial charge on any atom is -0.544 e. The minimum atomic E-state index is -1.99. The average Bonchev–Trinajstić information content (AvgIpc) is 2.93. The van der Waals surface area contributed by atoms with E-state index in [0.717, 1.165) is 27.0 Å². The van der Waals surface area contributed by atoms with Crippen molar-refractivity contribution in [1.29, 1.82) is 0 Å². The molecule has 2 heterocycles. The molecule has 2 aromatic heterocycles. The van der Waals surface area contributed by atoms with Gasteiger partial charge in [0.2, 0.25) is 14.3 Å². The van der Waals surface area contributed by atoms with Gasteiger partial charge in [0.1, 0.15) is 17.3 Å². The van der Waals surface area contributed by atoms with Crippen LogP contribution in [0.25, 0.3) is 0 Å². The van der Waals surface area contributed by atoms with Gasteiger partial charge < -0.3 is 20.2 Å². The fourth-order valence-corrected chi connectivity index (χ4v) is 4.95. The van der Waals surface area contributed by atoms with E-state index in [9.17, 15) is 9.59 Å². The number of benzene rings is 2. The van der Waals surface area contributed by atoms with Crippen molar-refractivity contribution in [1.82, 2.24) is 19.1 Å². The number of hydrogen-bond acceptors (Lipinski definition) is 8. The second-order valence-electron chi connectivity index (χ2n) is 11.4. The summed E-state index contributed by atoms with van der Waals surface area (Å²) < 4.78 is 14.2. The summed E-state index contributed by atoms with van der Waals surface area (Å²) in [6.07, 6.45) is 1.60. The lowest BCUT2D eigenvalue weighted by Gasteiger charge is -2.36. The number of anilines is 2. The molecule has 0 aliphatic rings. The van der Waals surface area contributed by atoms with Gasteiger partial charge in [-0.05, 0) is 59.6 Å². The molecule has 0 aliphatic carbocycles. The van der Waals surface area contributed by atoms with E-state index in [4.69, 9.17) is 14.9 Å². The number of hydrogen-bond donors (Lipinski definition) is 2. The predicted molar refractivity (Wildman–Crippen MR) is 164 cm³/mol. The molecule has 0 fully saturated rings. The zero-order valence-corrected chi connectivity index (χ0v) is 25.5. The number of nitrogens with two attached hydrogens (primary N) is 1. The summed E-state index contributed by atoms with van der Waals surface area (Å²) >= 11 is 0. The third kappa shape index (κ3) is 7.04. The number of nitrogens with one attached hydrogen (secondary N) is 1. The van der Waals surface area contributed by atoms with Gasteiger partial charge in [-0.3, -0.25) is 4.57 Å². The molecule has 10 nitrogen and oxygen atoms in total. The quantitative estimate of drug-likeness (QED) is 0.266. The summed E-state index contributed by atoms with van der Waals surface area (Å²) in [4.78, 5) is 35.2. The van der Waals surface area contributed by atoms with E-state index in [1.807, 2.05) is 54.6 Å². The molecule has 41 heavy (non-hydrogen) atoms. The molecule has 0 radical (unpaired) electrons. The number of pyridine rings is 1. The molecule has 4 rings (SSSR count). The molecule has 0 unspecified atom stereocenters. The Bertz CT molecular complexity index is 1610. The van der Waals surface area contributed by atoms with Gasteiger partial charge in [-0.25, -0.2) is 19.1 Å². The molecule has 2 aromatic carbocycles. The van der Waals surface area contributed by atoms with Gasteiger partial charge in [0.25, 0.3) is 0 Å². The van der Waals surface area contributed by atoms with Gasteiger partial charge in [0, 0.05) is 18.3 Å². The summed E-state index contributed by atoms with van der Waals surface area (Å²) in [5, 5.41) is 3.18. The smallest absolute Gasteiger partial charge is 0.355 e. The van der Waals surface area contributed by atoms with Crippen molar-refractivity contribution in [2.45, 2.75) is 58.5 Å². The minimum absolute atomic E-state index is 0.0676. The van der Waals surface area contributed by atoms with Crippen molar-refractivity contribution < 1.29 is 9.16 Å². The molecule has 0 bridgehead atoms. The molecule has 216 valence electrons. The first-order valence-electron chi connectivity index (χ1n) is 13.4. The Balaban J connectivity index is 1.65. The van der Waals surface area contributed by atoms with Crippen LogP contribution in [0.3, 0.4) is 0 Å². The Hall–Kier alpha value is -4.38. The highest BCUT2D eigenvalue weighted by Crippen LogP contribution is 2.37. The average molecular weight is 575 g/mol. The first-order valence-corrected chi connectivity index (χ1v) is 16.3. The van der Waals surface area contributed by atoms with Crippen LogP contribution >= 0.6 is 0 Å². The van der Waals surface area contributed by atoms with Gasteiger partial charge in [-0.2, -0.15) is 4.98 Å². The van der Waals surface area contributed by atoms with E-state index in [-0.39, 0.29) is 30.6 Å². The molecule has 3 N–H and O–H groups in total. The van der Waals surface area contributed by atoms with Crippen molar-refractivity contribution >= 4 is 20.1 Å². The van der Waals surface area contributed by atoms with Crippen molar-refractivity contribution in [3.8, 4) is 11.5 Å². The molecule has 11 heteroatoms. The van der Waals surface area contributed by atoms with E-state index in [2.05, 4.69) is 49.1 Å². The number of nitrogen functional groups attached to an aromatic ring is 1. The zero-order valence-electron chi connectivity index (χ0n) is 24.5. The Morgan fingerprint density at radius 1 is 0.902 bits per heavy atom. The molecular formula is C30H38N6O4Si. The second kappa shape index (κ2) is 12.0. The maximum absolute atomic E-state index is 13.8. The van der Waals surface area contributed by atoms with Gasteiger partial charge in [0.05, 0.1) is 20.2 Å². The highest BCUT2D eigenvalue weighted by atomic mass is 28.4. The number of aromatic nitrogens is 4. The molecule has 0 atom stereocenters. The largest absolute Gasteiger partial charge is 0.544 e. The van der Waals surface area contributed by atoms with Crippen LogP contribution in [0, 0.1) is 0 Å². The summed E-state index contributed by atoms with van der Waals surface area (Å²) in [7, 11) is -0.399. The molecule has 0 saturated heterocycles. The lowest BCUT2D eigenvalue weighted by atomic mass is 10.2. The Morgan fingerprint density at radius 2 is 1.49 bits per heavy atom. The number of rotatable bonds is 10. The zero-order chi connectivity index (χ0) is 29.8. The highest BCUT2D eigenvalue weighted by molar-refractivity contribution is 6.74.